The number of nitrogens with zero attached hydrogens (tertiary/aromatic N) is 5. The van der Waals surface area contributed by atoms with Gasteiger partial charge in [0.05, 0.1) is 44.5 Å². The molecule has 0 atom stereocenters. The van der Waals surface area contributed by atoms with Crippen LogP contribution in [0.1, 0.15) is 47.9 Å². The quantitative estimate of drug-likeness (QED) is 0.187. The number of anilines is 3. The summed E-state index contributed by atoms with van der Waals surface area (Å²) in [5.41, 5.74) is 12.8. The second-order valence-electron chi connectivity index (χ2n) is 17.7. The Hall–Kier alpha value is -5.37. The summed E-state index contributed by atoms with van der Waals surface area (Å²) >= 11 is 13.5. The van der Waals surface area contributed by atoms with Crippen molar-refractivity contribution in [2.75, 3.05) is 49.7 Å². The number of aromatic nitrogens is 4. The van der Waals surface area contributed by atoms with Gasteiger partial charge < -0.3 is 19.7 Å². The molecule has 13 heteroatoms. The minimum atomic E-state index is -0.327. The summed E-state index contributed by atoms with van der Waals surface area (Å²) in [6, 6.07) is 33.9. The molecule has 0 radical (unpaired) electrons. The molecule has 12 rings (SSSR count). The van der Waals surface area contributed by atoms with E-state index in [0.29, 0.717) is 27.2 Å². The van der Waals surface area contributed by atoms with Crippen molar-refractivity contribution in [2.45, 2.75) is 50.4 Å². The van der Waals surface area contributed by atoms with Crippen LogP contribution in [0.15, 0.2) is 131 Å². The Labute approximate surface area is 410 Å². The van der Waals surface area contributed by atoms with Gasteiger partial charge in [0.25, 0.3) is 0 Å². The van der Waals surface area contributed by atoms with E-state index in [1.807, 2.05) is 49.4 Å². The van der Waals surface area contributed by atoms with Crippen molar-refractivity contribution in [3.63, 3.8) is 0 Å². The number of nitrogens with one attached hydrogen (secondary N) is 1. The number of halogens is 5. The molecule has 4 aliphatic heterocycles. The first-order valence-electron chi connectivity index (χ1n) is 22.5. The van der Waals surface area contributed by atoms with Gasteiger partial charge in [-0.25, -0.2) is 18.7 Å². The van der Waals surface area contributed by atoms with Gasteiger partial charge in [-0.2, -0.15) is 0 Å². The molecule has 2 fully saturated rings. The fourth-order valence-corrected chi connectivity index (χ4v) is 11.2. The van der Waals surface area contributed by atoms with Gasteiger partial charge in [0, 0.05) is 112 Å². The molecule has 67 heavy (non-hydrogen) atoms. The van der Waals surface area contributed by atoms with E-state index < -0.39 is 0 Å². The highest BCUT2D eigenvalue weighted by molar-refractivity contribution is 9.10. The number of pyridine rings is 4. The summed E-state index contributed by atoms with van der Waals surface area (Å²) in [5.74, 6) is -0.617. The van der Waals surface area contributed by atoms with Crippen molar-refractivity contribution >= 4 is 82.3 Å². The lowest BCUT2D eigenvalue weighted by molar-refractivity contribution is 0.0558. The molecule has 0 saturated carbocycles. The van der Waals surface area contributed by atoms with Crippen LogP contribution >= 0.6 is 43.5 Å². The molecule has 4 aliphatic rings. The summed E-state index contributed by atoms with van der Waals surface area (Å²) in [7, 11) is 0. The van der Waals surface area contributed by atoms with Gasteiger partial charge in [0.2, 0.25) is 0 Å². The lowest BCUT2D eigenvalue weighted by Gasteiger charge is -2.35. The molecule has 4 aromatic heterocycles. The highest BCUT2D eigenvalue weighted by atomic mass is 79.9. The molecular formula is C54H47Br2ClF2N6O2. The van der Waals surface area contributed by atoms with Gasteiger partial charge in [-0.3, -0.25) is 9.97 Å². The van der Waals surface area contributed by atoms with Gasteiger partial charge >= 0.3 is 0 Å². The molecule has 8 nitrogen and oxygen atoms in total. The normalized spacial score (nSPS) is 16.5. The maximum atomic E-state index is 14.3. The molecule has 340 valence electrons. The summed E-state index contributed by atoms with van der Waals surface area (Å²) in [6.07, 6.45) is 7.73. The first-order chi connectivity index (χ1) is 32.5. The third kappa shape index (κ3) is 8.83. The Morgan fingerprint density at radius 2 is 1.18 bits per heavy atom. The van der Waals surface area contributed by atoms with Crippen LogP contribution in [-0.2, 0) is 20.3 Å². The highest BCUT2D eigenvalue weighted by Gasteiger charge is 2.45. The largest absolute Gasteiger partial charge is 0.384 e. The van der Waals surface area contributed by atoms with E-state index in [0.717, 1.165) is 119 Å². The Morgan fingerprint density at radius 3 is 1.79 bits per heavy atom. The first kappa shape index (κ1) is 45.4. The molecule has 2 saturated heterocycles. The molecule has 8 heterocycles. The maximum absolute atomic E-state index is 14.3. The number of ether oxygens (including phenoxy) is 2. The van der Waals surface area contributed by atoms with E-state index in [-0.39, 0.29) is 17.0 Å². The Balaban J connectivity index is 0.000000130. The Kier molecular flexibility index (Phi) is 12.9. The van der Waals surface area contributed by atoms with Crippen molar-refractivity contribution in [3.8, 4) is 22.8 Å². The van der Waals surface area contributed by atoms with Gasteiger partial charge in [-0.15, -0.1) is 0 Å². The van der Waals surface area contributed by atoms with Crippen molar-refractivity contribution in [1.29, 1.82) is 0 Å². The Bertz CT molecular complexity index is 3130. The molecular weight excluding hydrogens is 998 g/mol. The molecule has 8 aromatic rings. The Morgan fingerprint density at radius 1 is 0.627 bits per heavy atom. The zero-order valence-corrected chi connectivity index (χ0v) is 41.0. The summed E-state index contributed by atoms with van der Waals surface area (Å²) in [6.45, 7) is 9.26. The van der Waals surface area contributed by atoms with Crippen LogP contribution in [-0.4, -0.2) is 59.5 Å². The fourth-order valence-electron chi connectivity index (χ4n) is 10.2. The van der Waals surface area contributed by atoms with Gasteiger partial charge in [-0.1, -0.05) is 67.7 Å². The number of benzene rings is 4. The second kappa shape index (κ2) is 19.0. The zero-order chi connectivity index (χ0) is 46.3. The van der Waals surface area contributed by atoms with E-state index in [2.05, 4.69) is 100 Å². The van der Waals surface area contributed by atoms with Crippen LogP contribution in [0.2, 0.25) is 5.02 Å². The number of hydrogen-bond acceptors (Lipinski definition) is 8. The summed E-state index contributed by atoms with van der Waals surface area (Å²) in [5, 5.41) is 5.80. The van der Waals surface area contributed by atoms with Crippen molar-refractivity contribution in [2.24, 2.45) is 0 Å². The molecule has 0 unspecified atom stereocenters. The third-order valence-corrected chi connectivity index (χ3v) is 15.2. The van der Waals surface area contributed by atoms with Gasteiger partial charge in [0.1, 0.15) is 11.6 Å². The van der Waals surface area contributed by atoms with Crippen LogP contribution in [0.5, 0.6) is 0 Å². The number of hydrogen-bond donors (Lipinski definition) is 1. The molecule has 1 N–H and O–H groups in total. The maximum Gasteiger partial charge on any atom is 0.125 e. The zero-order valence-electron chi connectivity index (χ0n) is 37.1. The summed E-state index contributed by atoms with van der Waals surface area (Å²) < 4.78 is 41.0. The van der Waals surface area contributed by atoms with Gasteiger partial charge in [0.15, 0.2) is 0 Å². The predicted octanol–water partition coefficient (Wildman–Crippen LogP) is 14.0. The van der Waals surface area contributed by atoms with E-state index in [1.165, 1.54) is 46.8 Å². The topological polar surface area (TPSA) is 85.3 Å². The minimum Gasteiger partial charge on any atom is -0.384 e. The monoisotopic (exact) mass is 1040 g/mol. The van der Waals surface area contributed by atoms with Crippen LogP contribution in [0.4, 0.5) is 25.8 Å². The highest BCUT2D eigenvalue weighted by Crippen LogP contribution is 2.52. The number of rotatable bonds is 3. The van der Waals surface area contributed by atoms with Crippen molar-refractivity contribution < 1.29 is 18.3 Å². The second-order valence-corrected chi connectivity index (χ2v) is 19.9. The van der Waals surface area contributed by atoms with Crippen molar-refractivity contribution in [1.82, 2.24) is 19.9 Å². The van der Waals surface area contributed by atoms with E-state index in [1.54, 1.807) is 18.5 Å². The van der Waals surface area contributed by atoms with Crippen LogP contribution < -0.4 is 10.2 Å². The van der Waals surface area contributed by atoms with E-state index >= 15 is 0 Å². The van der Waals surface area contributed by atoms with Crippen LogP contribution in [0.25, 0.3) is 44.6 Å². The third-order valence-electron chi connectivity index (χ3n) is 13.7. The average molecular weight is 1050 g/mol. The van der Waals surface area contributed by atoms with E-state index in [4.69, 9.17) is 26.1 Å². The van der Waals surface area contributed by atoms with Crippen LogP contribution in [0.3, 0.4) is 0 Å². The molecule has 4 aromatic carbocycles. The average Bonchev–Trinajstić information content (AvgIpc) is 3.84. The van der Waals surface area contributed by atoms with E-state index in [9.17, 15) is 8.78 Å². The SMILES string of the molecule is Brc1ccc2c(c1)NCC21CCOCC1.Cc1c(-c2ccccn2)nc2cc(F)ccc2c1Cl.Cc1c(-c2ccccn2)nc2cc(F)ccc2c1N1CC2(CCOCC2)c2ccc(Br)cc21. The fraction of sp³-hybridized carbons (Fsp3) is 0.259. The smallest absolute Gasteiger partial charge is 0.125 e. The molecule has 0 amide bonds. The van der Waals surface area contributed by atoms with Crippen molar-refractivity contribution in [3.05, 3.63) is 169 Å². The summed E-state index contributed by atoms with van der Waals surface area (Å²) in [4.78, 5) is 20.6. The lowest BCUT2D eigenvalue weighted by Crippen LogP contribution is -2.37. The molecule has 0 bridgehead atoms. The standard InChI is InChI=1S/C27H23BrFN3O.C15H10ClFN2.C12H14BrNO/c1-17-25(22-4-2-3-11-30-22)31-23-15-19(29)6-7-20(23)26(17)32-16-27(9-12-33-13-10-27)21-8-5-18(28)14-24(21)32;1-9-14(16)11-6-5-10(17)8-13(11)19-15(9)12-4-2-3-7-18-12;13-9-1-2-10-11(7-9)14-8-12(10)3-5-15-6-4-12/h2-8,11,14-15H,9-10,12-13,16H2,1H3;2-8H,1H3;1-2,7,14H,3-6,8H2. The van der Waals surface area contributed by atoms with Crippen LogP contribution in [0, 0.1) is 25.5 Å². The molecule has 0 aliphatic carbocycles. The van der Waals surface area contributed by atoms with Gasteiger partial charge in [-0.05, 0) is 129 Å². The first-order valence-corrected chi connectivity index (χ1v) is 24.4. The minimum absolute atomic E-state index is 0.0432. The number of fused-ring (bicyclic) bond motifs is 6. The lowest BCUT2D eigenvalue weighted by atomic mass is 9.76. The molecule has 2 spiro atoms. The predicted molar refractivity (Wildman–Crippen MR) is 272 cm³/mol.